The van der Waals surface area contributed by atoms with E-state index in [1.165, 1.54) is 12.1 Å². The van der Waals surface area contributed by atoms with Crippen molar-refractivity contribution in [2.45, 2.75) is 38.5 Å². The summed E-state index contributed by atoms with van der Waals surface area (Å²) >= 11 is 0. The third kappa shape index (κ3) is 5.08. The lowest BCUT2D eigenvalue weighted by Gasteiger charge is -2.10. The number of carboxylic acids is 1. The molecule has 0 aliphatic carbocycles. The Kier molecular flexibility index (Phi) is 6.57. The molecule has 0 atom stereocenters. The van der Waals surface area contributed by atoms with Crippen LogP contribution in [0.5, 0.6) is 5.75 Å². The number of ketones is 1. The van der Waals surface area contributed by atoms with Gasteiger partial charge in [0, 0.05) is 17.5 Å². The highest BCUT2D eigenvalue weighted by molar-refractivity contribution is 5.95. The molecule has 0 saturated carbocycles. The first kappa shape index (κ1) is 18.5. The molecule has 5 heteroatoms. The first-order chi connectivity index (χ1) is 12.0. The maximum Gasteiger partial charge on any atom is 0.336 e. The van der Waals surface area contributed by atoms with Crippen LogP contribution in [0.25, 0.3) is 0 Å². The third-order valence-electron chi connectivity index (χ3n) is 4.22. The number of phenolic OH excluding ortho intramolecular Hbond substituents is 1. The Bertz CT molecular complexity index is 741. The molecule has 2 aromatic rings. The average molecular weight is 341 g/mol. The smallest absolute Gasteiger partial charge is 0.336 e. The summed E-state index contributed by atoms with van der Waals surface area (Å²) in [5.74, 6) is -1.07. The number of carbonyl (C=O) groups is 2. The molecule has 0 fully saturated rings. The van der Waals surface area contributed by atoms with Gasteiger partial charge in [-0.2, -0.15) is 0 Å². The monoisotopic (exact) mass is 341 g/mol. The molecule has 0 aliphatic rings. The summed E-state index contributed by atoms with van der Waals surface area (Å²) in [6, 6.07) is 12.0. The van der Waals surface area contributed by atoms with Gasteiger partial charge in [0.25, 0.3) is 0 Å². The van der Waals surface area contributed by atoms with Gasteiger partial charge in [-0.15, -0.1) is 0 Å². The molecular weight excluding hydrogens is 318 g/mol. The SMILES string of the molecule is Nc1ccc(C(=O)O)c(CCCCCCC(=O)c2ccccc2)c1O. The first-order valence-electron chi connectivity index (χ1n) is 8.42. The largest absolute Gasteiger partial charge is 0.505 e. The van der Waals surface area contributed by atoms with Crippen LogP contribution >= 0.6 is 0 Å². The molecule has 25 heavy (non-hydrogen) atoms. The van der Waals surface area contributed by atoms with E-state index in [4.69, 9.17) is 5.73 Å². The van der Waals surface area contributed by atoms with Gasteiger partial charge < -0.3 is 15.9 Å². The highest BCUT2D eigenvalue weighted by atomic mass is 16.4. The summed E-state index contributed by atoms with van der Waals surface area (Å²) in [6.07, 6.45) is 4.22. The van der Waals surface area contributed by atoms with E-state index in [-0.39, 0.29) is 22.8 Å². The average Bonchev–Trinajstić information content (AvgIpc) is 2.61. The Balaban J connectivity index is 1.78. The highest BCUT2D eigenvalue weighted by Crippen LogP contribution is 2.30. The minimum atomic E-state index is -1.07. The van der Waals surface area contributed by atoms with Crippen molar-refractivity contribution in [2.75, 3.05) is 5.73 Å². The van der Waals surface area contributed by atoms with Crippen molar-refractivity contribution >= 4 is 17.4 Å². The lowest BCUT2D eigenvalue weighted by Crippen LogP contribution is -2.04. The molecule has 0 spiro atoms. The second-order valence-corrected chi connectivity index (χ2v) is 6.04. The Labute approximate surface area is 147 Å². The number of nitrogen functional groups attached to an aromatic ring is 1. The number of phenols is 1. The number of anilines is 1. The molecule has 5 nitrogen and oxygen atoms in total. The minimum Gasteiger partial charge on any atom is -0.505 e. The number of unbranched alkanes of at least 4 members (excludes halogenated alkanes) is 3. The zero-order valence-corrected chi connectivity index (χ0v) is 14.1. The fourth-order valence-electron chi connectivity index (χ4n) is 2.82. The lowest BCUT2D eigenvalue weighted by atomic mass is 9.98. The summed E-state index contributed by atoms with van der Waals surface area (Å²) in [5, 5.41) is 19.2. The molecular formula is C20H23NO4. The molecule has 0 aliphatic heterocycles. The van der Waals surface area contributed by atoms with Crippen LogP contribution in [-0.2, 0) is 6.42 Å². The van der Waals surface area contributed by atoms with E-state index in [1.807, 2.05) is 30.3 Å². The lowest BCUT2D eigenvalue weighted by molar-refractivity contribution is 0.0695. The van der Waals surface area contributed by atoms with Crippen molar-refractivity contribution in [1.29, 1.82) is 0 Å². The number of nitrogens with two attached hydrogens (primary N) is 1. The van der Waals surface area contributed by atoms with Crippen LogP contribution in [0.1, 0.15) is 58.4 Å². The van der Waals surface area contributed by atoms with E-state index in [9.17, 15) is 19.8 Å². The fraction of sp³-hybridized carbons (Fsp3) is 0.300. The second-order valence-electron chi connectivity index (χ2n) is 6.04. The highest BCUT2D eigenvalue weighted by Gasteiger charge is 2.15. The van der Waals surface area contributed by atoms with Crippen molar-refractivity contribution < 1.29 is 19.8 Å². The molecule has 0 heterocycles. The number of aromatic hydroxyl groups is 1. The summed E-state index contributed by atoms with van der Waals surface area (Å²) in [4.78, 5) is 23.2. The van der Waals surface area contributed by atoms with E-state index in [2.05, 4.69) is 0 Å². The van der Waals surface area contributed by atoms with Crippen LogP contribution in [0.15, 0.2) is 42.5 Å². The maximum absolute atomic E-state index is 12.0. The fourth-order valence-corrected chi connectivity index (χ4v) is 2.82. The number of rotatable bonds is 9. The molecule has 0 radical (unpaired) electrons. The summed E-state index contributed by atoms with van der Waals surface area (Å²) in [5.41, 5.74) is 7.04. The molecule has 132 valence electrons. The normalized spacial score (nSPS) is 10.6. The summed E-state index contributed by atoms with van der Waals surface area (Å²) in [7, 11) is 0. The van der Waals surface area contributed by atoms with Crippen LogP contribution in [-0.4, -0.2) is 22.0 Å². The van der Waals surface area contributed by atoms with Gasteiger partial charge in [-0.25, -0.2) is 4.79 Å². The first-order valence-corrected chi connectivity index (χ1v) is 8.42. The number of hydrogen-bond donors (Lipinski definition) is 3. The molecule has 0 amide bonds. The van der Waals surface area contributed by atoms with E-state index >= 15 is 0 Å². The van der Waals surface area contributed by atoms with E-state index < -0.39 is 5.97 Å². The van der Waals surface area contributed by atoms with Crippen LogP contribution in [0.4, 0.5) is 5.69 Å². The summed E-state index contributed by atoms with van der Waals surface area (Å²) in [6.45, 7) is 0. The number of aromatic carboxylic acids is 1. The predicted octanol–water partition coefficient (Wildman–Crippen LogP) is 4.05. The van der Waals surface area contributed by atoms with Crippen LogP contribution in [0, 0.1) is 0 Å². The second kappa shape index (κ2) is 8.87. The van der Waals surface area contributed by atoms with Crippen LogP contribution in [0.3, 0.4) is 0 Å². The zero-order valence-electron chi connectivity index (χ0n) is 14.1. The zero-order chi connectivity index (χ0) is 18.2. The standard InChI is InChI=1S/C20H23NO4/c21-17-13-12-16(20(24)25)15(19(17)23)10-6-1-2-7-11-18(22)14-8-4-3-5-9-14/h3-5,8-9,12-13,23H,1-2,6-7,10-11,21H2,(H,24,25). The molecule has 2 aromatic carbocycles. The van der Waals surface area contributed by atoms with E-state index in [0.29, 0.717) is 18.4 Å². The van der Waals surface area contributed by atoms with Gasteiger partial charge in [0.05, 0.1) is 11.3 Å². The third-order valence-corrected chi connectivity index (χ3v) is 4.22. The molecule has 0 saturated heterocycles. The van der Waals surface area contributed by atoms with Crippen molar-refractivity contribution in [3.63, 3.8) is 0 Å². The Morgan fingerprint density at radius 3 is 2.28 bits per heavy atom. The minimum absolute atomic E-state index is 0.0888. The molecule has 0 unspecified atom stereocenters. The topological polar surface area (TPSA) is 101 Å². The Morgan fingerprint density at radius 1 is 0.920 bits per heavy atom. The number of carbonyl (C=O) groups excluding carboxylic acids is 1. The van der Waals surface area contributed by atoms with Crippen molar-refractivity contribution in [1.82, 2.24) is 0 Å². The van der Waals surface area contributed by atoms with Gasteiger partial charge in [-0.05, 0) is 31.4 Å². The molecule has 0 bridgehead atoms. The van der Waals surface area contributed by atoms with Gasteiger partial charge in [-0.1, -0.05) is 43.2 Å². The van der Waals surface area contributed by atoms with Crippen molar-refractivity contribution in [2.24, 2.45) is 0 Å². The van der Waals surface area contributed by atoms with Crippen molar-refractivity contribution in [3.8, 4) is 5.75 Å². The van der Waals surface area contributed by atoms with Crippen molar-refractivity contribution in [3.05, 3.63) is 59.2 Å². The van der Waals surface area contributed by atoms with Gasteiger partial charge in [0.1, 0.15) is 5.75 Å². The van der Waals surface area contributed by atoms with Gasteiger partial charge in [0.15, 0.2) is 5.78 Å². The number of benzene rings is 2. The summed E-state index contributed by atoms with van der Waals surface area (Å²) < 4.78 is 0. The number of hydrogen-bond acceptors (Lipinski definition) is 4. The van der Waals surface area contributed by atoms with Crippen LogP contribution < -0.4 is 5.73 Å². The quantitative estimate of drug-likeness (QED) is 0.276. The van der Waals surface area contributed by atoms with Gasteiger partial charge >= 0.3 is 5.97 Å². The van der Waals surface area contributed by atoms with E-state index in [0.717, 1.165) is 31.2 Å². The Morgan fingerprint density at radius 2 is 1.60 bits per heavy atom. The molecule has 2 rings (SSSR count). The molecule has 0 aromatic heterocycles. The predicted molar refractivity (Wildman–Crippen MR) is 97.0 cm³/mol. The van der Waals surface area contributed by atoms with Gasteiger partial charge in [0.2, 0.25) is 0 Å². The van der Waals surface area contributed by atoms with Crippen LogP contribution in [0.2, 0.25) is 0 Å². The Hall–Kier alpha value is -2.82. The number of carboxylic acid groups (broad SMARTS) is 1. The number of Topliss-reactive ketones (excluding diaryl/α,β-unsaturated/α-hetero) is 1. The van der Waals surface area contributed by atoms with Gasteiger partial charge in [-0.3, -0.25) is 4.79 Å². The van der Waals surface area contributed by atoms with E-state index in [1.54, 1.807) is 0 Å². The molecule has 4 N–H and O–H groups in total. The maximum atomic E-state index is 12.0.